The van der Waals surface area contributed by atoms with E-state index in [1.807, 2.05) is 45.0 Å². The molecule has 40 heavy (non-hydrogen) atoms. The first-order chi connectivity index (χ1) is 18.1. The normalized spacial score (nSPS) is 18.1. The topological polar surface area (TPSA) is 77.4 Å². The Kier molecular flexibility index (Phi) is 14.1. The van der Waals surface area contributed by atoms with E-state index in [0.717, 1.165) is 11.3 Å². The average Bonchev–Trinajstić information content (AvgIpc) is 2.86. The predicted octanol–water partition coefficient (Wildman–Crippen LogP) is 7.64. The summed E-state index contributed by atoms with van der Waals surface area (Å²) in [5.74, 6) is 0.251. The van der Waals surface area contributed by atoms with Crippen LogP contribution in [0, 0.1) is 17.8 Å². The van der Waals surface area contributed by atoms with E-state index in [0.29, 0.717) is 26.2 Å². The summed E-state index contributed by atoms with van der Waals surface area (Å²) in [6.07, 6.45) is -0.905. The molecule has 0 aliphatic rings. The van der Waals surface area contributed by atoms with E-state index in [4.69, 9.17) is 18.3 Å². The lowest BCUT2D eigenvalue weighted by molar-refractivity contribution is -0.0650. The average molecular weight is 599 g/mol. The van der Waals surface area contributed by atoms with Crippen LogP contribution < -0.4 is 4.74 Å². The van der Waals surface area contributed by atoms with Crippen LogP contribution in [0.3, 0.4) is 0 Å². The molecule has 0 spiro atoms. The van der Waals surface area contributed by atoms with E-state index in [-0.39, 0.29) is 33.9 Å². The molecule has 6 nitrogen and oxygen atoms in total. The van der Waals surface area contributed by atoms with Crippen LogP contribution in [0.25, 0.3) is 0 Å². The molecule has 0 heterocycles. The van der Waals surface area contributed by atoms with Gasteiger partial charge in [-0.2, -0.15) is 0 Å². The van der Waals surface area contributed by atoms with Gasteiger partial charge in [0.25, 0.3) is 0 Å². The second kappa shape index (κ2) is 15.1. The molecule has 0 aliphatic carbocycles. The first-order valence-electron chi connectivity index (χ1n) is 15.0. The van der Waals surface area contributed by atoms with Crippen molar-refractivity contribution in [2.75, 3.05) is 20.3 Å². The largest absolute Gasteiger partial charge is 0.497 e. The molecular formula is C32H62O6Si2. The summed E-state index contributed by atoms with van der Waals surface area (Å²) in [4.78, 5) is 0. The van der Waals surface area contributed by atoms with Gasteiger partial charge in [-0.25, -0.2) is 0 Å². The molecule has 1 rings (SSSR count). The first-order valence-corrected chi connectivity index (χ1v) is 20.8. The van der Waals surface area contributed by atoms with E-state index >= 15 is 0 Å². The highest BCUT2D eigenvalue weighted by atomic mass is 28.4. The van der Waals surface area contributed by atoms with Crippen LogP contribution in [0.5, 0.6) is 5.75 Å². The van der Waals surface area contributed by atoms with E-state index in [9.17, 15) is 10.2 Å². The Hall–Kier alpha value is -0.746. The van der Waals surface area contributed by atoms with Gasteiger partial charge in [-0.15, -0.1) is 0 Å². The lowest BCUT2D eigenvalue weighted by Gasteiger charge is -2.43. The Morgan fingerprint density at radius 1 is 0.775 bits per heavy atom. The molecule has 0 amide bonds. The van der Waals surface area contributed by atoms with Crippen molar-refractivity contribution >= 4 is 16.6 Å². The van der Waals surface area contributed by atoms with Crippen molar-refractivity contribution in [2.24, 2.45) is 17.8 Å². The highest BCUT2D eigenvalue weighted by Gasteiger charge is 2.43. The van der Waals surface area contributed by atoms with Crippen molar-refractivity contribution in [3.05, 3.63) is 29.8 Å². The molecule has 6 atom stereocenters. The molecule has 0 saturated heterocycles. The first kappa shape index (κ1) is 37.3. The Bertz CT molecular complexity index is 860. The van der Waals surface area contributed by atoms with Gasteiger partial charge < -0.3 is 28.5 Å². The van der Waals surface area contributed by atoms with Crippen molar-refractivity contribution in [3.8, 4) is 5.75 Å². The molecule has 0 aromatic heterocycles. The maximum absolute atomic E-state index is 11.5. The van der Waals surface area contributed by atoms with Gasteiger partial charge in [0.2, 0.25) is 0 Å². The molecule has 8 heteroatoms. The monoisotopic (exact) mass is 598 g/mol. The minimum atomic E-state index is -2.11. The quantitative estimate of drug-likeness (QED) is 0.150. The second-order valence-corrected chi connectivity index (χ2v) is 24.4. The van der Waals surface area contributed by atoms with Gasteiger partial charge >= 0.3 is 0 Å². The summed E-state index contributed by atoms with van der Waals surface area (Å²) >= 11 is 0. The predicted molar refractivity (Wildman–Crippen MR) is 172 cm³/mol. The summed E-state index contributed by atoms with van der Waals surface area (Å²) in [5, 5.41) is 22.9. The van der Waals surface area contributed by atoms with Crippen LogP contribution in [0.1, 0.15) is 74.3 Å². The molecule has 0 bridgehead atoms. The number of benzene rings is 1. The number of aliphatic hydroxyl groups is 2. The summed E-state index contributed by atoms with van der Waals surface area (Å²) in [5.41, 5.74) is 1.08. The van der Waals surface area contributed by atoms with Crippen LogP contribution in [-0.4, -0.2) is 65.5 Å². The SMILES string of the molecule is COc1ccc(COCC[C@@H](O[Si](C)(C)C(C)(C)C)[C@@H](C)[C@H](O)[C@@H](C)[C@H](O)[C@@H](C)CO[Si](C)(C)C(C)(C)C)cc1. The van der Waals surface area contributed by atoms with Crippen molar-refractivity contribution < 1.29 is 28.5 Å². The summed E-state index contributed by atoms with van der Waals surface area (Å²) in [6.45, 7) is 29.8. The molecule has 0 saturated carbocycles. The fraction of sp³-hybridized carbons (Fsp3) is 0.812. The molecule has 1 aromatic carbocycles. The minimum Gasteiger partial charge on any atom is -0.497 e. The Morgan fingerprint density at radius 2 is 1.30 bits per heavy atom. The number of methoxy groups -OCH3 is 1. The van der Waals surface area contributed by atoms with Crippen LogP contribution >= 0.6 is 0 Å². The fourth-order valence-corrected chi connectivity index (χ4v) is 6.72. The Balaban J connectivity index is 2.91. The highest BCUT2D eigenvalue weighted by Crippen LogP contribution is 2.40. The molecule has 1 aromatic rings. The lowest BCUT2D eigenvalue weighted by Crippen LogP contribution is -2.49. The van der Waals surface area contributed by atoms with Gasteiger partial charge in [0.15, 0.2) is 16.6 Å². The molecule has 0 aliphatic heterocycles. The van der Waals surface area contributed by atoms with Gasteiger partial charge in [-0.05, 0) is 60.4 Å². The van der Waals surface area contributed by atoms with Gasteiger partial charge in [0.05, 0.1) is 32.0 Å². The lowest BCUT2D eigenvalue weighted by atomic mass is 9.82. The molecule has 0 radical (unpaired) electrons. The van der Waals surface area contributed by atoms with Crippen molar-refractivity contribution in [1.82, 2.24) is 0 Å². The number of hydrogen-bond donors (Lipinski definition) is 2. The third-order valence-electron chi connectivity index (χ3n) is 9.53. The number of ether oxygens (including phenoxy) is 2. The second-order valence-electron chi connectivity index (χ2n) is 14.9. The number of hydrogen-bond acceptors (Lipinski definition) is 6. The van der Waals surface area contributed by atoms with E-state index in [1.165, 1.54) is 0 Å². The fourth-order valence-electron chi connectivity index (χ4n) is 4.17. The molecule has 0 unspecified atom stereocenters. The van der Waals surface area contributed by atoms with Crippen molar-refractivity contribution in [3.63, 3.8) is 0 Å². The molecule has 234 valence electrons. The molecule has 0 fully saturated rings. The van der Waals surface area contributed by atoms with Crippen LogP contribution in [-0.2, 0) is 20.2 Å². The van der Waals surface area contributed by atoms with Crippen molar-refractivity contribution in [1.29, 1.82) is 0 Å². The highest BCUT2D eigenvalue weighted by molar-refractivity contribution is 6.74. The minimum absolute atomic E-state index is 0.0423. The van der Waals surface area contributed by atoms with Gasteiger partial charge in [0, 0.05) is 31.0 Å². The van der Waals surface area contributed by atoms with E-state index in [2.05, 4.69) is 67.7 Å². The van der Waals surface area contributed by atoms with Gasteiger partial charge in [-0.3, -0.25) is 0 Å². The zero-order valence-corrected chi connectivity index (χ0v) is 30.1. The Labute approximate surface area is 248 Å². The van der Waals surface area contributed by atoms with Crippen LogP contribution in [0.4, 0.5) is 0 Å². The molecular weight excluding hydrogens is 537 g/mol. The Morgan fingerprint density at radius 3 is 1.77 bits per heavy atom. The molecule has 2 N–H and O–H groups in total. The summed E-state index contributed by atoms with van der Waals surface area (Å²) in [6, 6.07) is 7.89. The maximum Gasteiger partial charge on any atom is 0.192 e. The maximum atomic E-state index is 11.5. The zero-order chi connectivity index (χ0) is 31.1. The standard InChI is InChI=1S/C32H62O6Si2/c1-23(21-37-39(11,12)31(4,5)6)29(33)25(3)30(34)24(2)28(38-40(13,14)32(7,8)9)19-20-36-22-26-15-17-27(35-10)18-16-26/h15-18,23-25,28-30,33-34H,19-22H2,1-14H3/t23-,24+,25-,28+,29+,30-/m0/s1. The van der Waals surface area contributed by atoms with Crippen LogP contribution in [0.15, 0.2) is 24.3 Å². The van der Waals surface area contributed by atoms with E-state index in [1.54, 1.807) is 7.11 Å². The van der Waals surface area contributed by atoms with Crippen molar-refractivity contribution in [2.45, 2.75) is 130 Å². The number of rotatable bonds is 16. The third kappa shape index (κ3) is 10.8. The van der Waals surface area contributed by atoms with Gasteiger partial charge in [0.1, 0.15) is 5.75 Å². The van der Waals surface area contributed by atoms with E-state index < -0.39 is 28.8 Å². The number of aliphatic hydroxyl groups excluding tert-OH is 2. The summed E-state index contributed by atoms with van der Waals surface area (Å²) < 4.78 is 24.5. The third-order valence-corrected chi connectivity index (χ3v) is 18.5. The van der Waals surface area contributed by atoms with Crippen LogP contribution in [0.2, 0.25) is 36.3 Å². The zero-order valence-electron chi connectivity index (χ0n) is 28.1. The smallest absolute Gasteiger partial charge is 0.192 e. The summed E-state index contributed by atoms with van der Waals surface area (Å²) in [7, 11) is -2.36. The van der Waals surface area contributed by atoms with Gasteiger partial charge in [-0.1, -0.05) is 74.4 Å².